The first-order valence-electron chi connectivity index (χ1n) is 7.49. The molecule has 0 spiro atoms. The van der Waals surface area contributed by atoms with Gasteiger partial charge in [-0.3, -0.25) is 4.79 Å². The molecule has 1 N–H and O–H groups in total. The lowest BCUT2D eigenvalue weighted by molar-refractivity contribution is -0.137. The molecule has 2 aromatic carbocycles. The summed E-state index contributed by atoms with van der Waals surface area (Å²) >= 11 is 0. The van der Waals surface area contributed by atoms with Gasteiger partial charge in [-0.25, -0.2) is 12.7 Å². The molecular weight excluding hydrogens is 369 g/mol. The molecule has 26 heavy (non-hydrogen) atoms. The van der Waals surface area contributed by atoms with E-state index in [2.05, 4.69) is 5.32 Å². The van der Waals surface area contributed by atoms with Gasteiger partial charge in [-0.05, 0) is 42.0 Å². The van der Waals surface area contributed by atoms with Gasteiger partial charge in [0.1, 0.15) is 0 Å². The molecule has 0 aliphatic heterocycles. The summed E-state index contributed by atoms with van der Waals surface area (Å²) in [4.78, 5) is 12.1. The molecule has 2 aromatic rings. The normalized spacial score (nSPS) is 12.2. The van der Waals surface area contributed by atoms with Crippen LogP contribution < -0.4 is 5.32 Å². The Balaban J connectivity index is 2.02. The molecule has 0 fully saturated rings. The van der Waals surface area contributed by atoms with Crippen LogP contribution in [0.5, 0.6) is 0 Å². The molecule has 2 rings (SSSR count). The number of benzene rings is 2. The molecule has 5 nitrogen and oxygen atoms in total. The van der Waals surface area contributed by atoms with E-state index in [0.29, 0.717) is 5.56 Å². The first-order chi connectivity index (χ1) is 12.0. The molecule has 0 aliphatic rings. The van der Waals surface area contributed by atoms with Crippen LogP contribution in [0.1, 0.15) is 21.5 Å². The van der Waals surface area contributed by atoms with Gasteiger partial charge in [-0.15, -0.1) is 0 Å². The van der Waals surface area contributed by atoms with E-state index in [0.717, 1.165) is 16.4 Å². The largest absolute Gasteiger partial charge is 0.416 e. The van der Waals surface area contributed by atoms with Crippen molar-refractivity contribution in [1.29, 1.82) is 0 Å². The number of hydrogen-bond donors (Lipinski definition) is 1. The Bertz CT molecular complexity index is 875. The zero-order valence-corrected chi connectivity index (χ0v) is 14.9. The monoisotopic (exact) mass is 386 g/mol. The van der Waals surface area contributed by atoms with Gasteiger partial charge in [0.15, 0.2) is 0 Å². The van der Waals surface area contributed by atoms with Crippen molar-refractivity contribution >= 4 is 15.9 Å². The van der Waals surface area contributed by atoms with Crippen molar-refractivity contribution in [1.82, 2.24) is 9.62 Å². The van der Waals surface area contributed by atoms with Crippen LogP contribution in [0.2, 0.25) is 0 Å². The molecule has 0 aromatic heterocycles. The van der Waals surface area contributed by atoms with Crippen molar-refractivity contribution in [3.05, 3.63) is 65.2 Å². The summed E-state index contributed by atoms with van der Waals surface area (Å²) in [6.45, 7) is 0.0503. The average molecular weight is 386 g/mol. The molecule has 1 amide bonds. The number of carbonyl (C=O) groups is 1. The molecule has 0 radical (unpaired) electrons. The topological polar surface area (TPSA) is 66.5 Å². The summed E-state index contributed by atoms with van der Waals surface area (Å²) in [5.41, 5.74) is -0.00181. The second kappa shape index (κ2) is 7.46. The van der Waals surface area contributed by atoms with Crippen LogP contribution in [-0.4, -0.2) is 32.7 Å². The molecule has 0 bridgehead atoms. The third-order valence-electron chi connectivity index (χ3n) is 3.63. The second-order valence-corrected chi connectivity index (χ2v) is 7.84. The summed E-state index contributed by atoms with van der Waals surface area (Å²) in [6, 6.07) is 9.86. The van der Waals surface area contributed by atoms with Crippen LogP contribution >= 0.6 is 0 Å². The number of sulfonamides is 1. The SMILES string of the molecule is CN(C)S(=O)(=O)c1ccc(C(=O)NCc2ccc(C(F)(F)F)cc2)cc1. The van der Waals surface area contributed by atoms with Gasteiger partial charge in [0.2, 0.25) is 10.0 Å². The van der Waals surface area contributed by atoms with Gasteiger partial charge >= 0.3 is 6.18 Å². The molecule has 0 saturated carbocycles. The van der Waals surface area contributed by atoms with Crippen molar-refractivity contribution in [2.24, 2.45) is 0 Å². The van der Waals surface area contributed by atoms with Crippen molar-refractivity contribution in [2.75, 3.05) is 14.1 Å². The fourth-order valence-corrected chi connectivity index (χ4v) is 2.99. The summed E-state index contributed by atoms with van der Waals surface area (Å²) in [5.74, 6) is -0.460. The molecule has 0 saturated heterocycles. The second-order valence-electron chi connectivity index (χ2n) is 5.69. The van der Waals surface area contributed by atoms with E-state index in [1.54, 1.807) is 0 Å². The zero-order chi connectivity index (χ0) is 19.5. The minimum absolute atomic E-state index is 0.0503. The van der Waals surface area contributed by atoms with Crippen LogP contribution in [-0.2, 0) is 22.7 Å². The predicted molar refractivity (Wildman–Crippen MR) is 89.9 cm³/mol. The first-order valence-corrected chi connectivity index (χ1v) is 8.93. The van der Waals surface area contributed by atoms with Crippen LogP contribution in [0.15, 0.2) is 53.4 Å². The highest BCUT2D eigenvalue weighted by Gasteiger charge is 2.29. The Labute approximate surface area is 149 Å². The first kappa shape index (κ1) is 19.9. The minimum atomic E-state index is -4.41. The standard InChI is InChI=1S/C17H17F3N2O3S/c1-22(2)26(24,25)15-9-5-13(6-10-15)16(23)21-11-12-3-7-14(8-4-12)17(18,19)20/h3-10H,11H2,1-2H3,(H,21,23). The van der Waals surface area contributed by atoms with E-state index in [1.165, 1.54) is 50.5 Å². The summed E-state index contributed by atoms with van der Waals surface area (Å²) < 4.78 is 62.5. The molecule has 9 heteroatoms. The number of hydrogen-bond acceptors (Lipinski definition) is 3. The van der Waals surface area contributed by atoms with Crippen LogP contribution in [0, 0.1) is 0 Å². The van der Waals surface area contributed by atoms with Gasteiger partial charge in [0.05, 0.1) is 10.5 Å². The molecule has 0 atom stereocenters. The highest BCUT2D eigenvalue weighted by molar-refractivity contribution is 7.89. The smallest absolute Gasteiger partial charge is 0.348 e. The van der Waals surface area contributed by atoms with E-state index in [4.69, 9.17) is 0 Å². The highest BCUT2D eigenvalue weighted by Crippen LogP contribution is 2.29. The Hall–Kier alpha value is -2.39. The number of carbonyl (C=O) groups excluding carboxylic acids is 1. The lowest BCUT2D eigenvalue weighted by Gasteiger charge is -2.12. The van der Waals surface area contributed by atoms with E-state index in [9.17, 15) is 26.4 Å². The van der Waals surface area contributed by atoms with Crippen molar-refractivity contribution in [3.8, 4) is 0 Å². The third kappa shape index (κ3) is 4.61. The number of alkyl halides is 3. The van der Waals surface area contributed by atoms with Crippen molar-refractivity contribution in [2.45, 2.75) is 17.6 Å². The number of nitrogens with one attached hydrogen (secondary N) is 1. The van der Waals surface area contributed by atoms with Crippen molar-refractivity contribution < 1.29 is 26.4 Å². The molecular formula is C17H17F3N2O3S. The quantitative estimate of drug-likeness (QED) is 0.859. The number of rotatable bonds is 5. The maximum atomic E-state index is 12.5. The Morgan fingerprint density at radius 3 is 2.00 bits per heavy atom. The van der Waals surface area contributed by atoms with E-state index >= 15 is 0 Å². The lowest BCUT2D eigenvalue weighted by Crippen LogP contribution is -2.24. The predicted octanol–water partition coefficient (Wildman–Crippen LogP) is 2.89. The molecule has 140 valence electrons. The van der Waals surface area contributed by atoms with Crippen LogP contribution in [0.25, 0.3) is 0 Å². The van der Waals surface area contributed by atoms with E-state index in [-0.39, 0.29) is 17.0 Å². The van der Waals surface area contributed by atoms with Crippen LogP contribution in [0.4, 0.5) is 13.2 Å². The average Bonchev–Trinajstić information content (AvgIpc) is 2.59. The third-order valence-corrected chi connectivity index (χ3v) is 5.46. The number of nitrogens with zero attached hydrogens (tertiary/aromatic N) is 1. The molecule has 0 aliphatic carbocycles. The van der Waals surface area contributed by atoms with Gasteiger partial charge < -0.3 is 5.32 Å². The summed E-state index contributed by atoms with van der Waals surface area (Å²) in [6.07, 6.45) is -4.41. The summed E-state index contributed by atoms with van der Waals surface area (Å²) in [7, 11) is -0.775. The van der Waals surface area contributed by atoms with Gasteiger partial charge in [0.25, 0.3) is 5.91 Å². The molecule has 0 heterocycles. The molecule has 0 unspecified atom stereocenters. The highest BCUT2D eigenvalue weighted by atomic mass is 32.2. The van der Waals surface area contributed by atoms with E-state index in [1.807, 2.05) is 0 Å². The van der Waals surface area contributed by atoms with Gasteiger partial charge in [-0.2, -0.15) is 13.2 Å². The number of halogens is 3. The van der Waals surface area contributed by atoms with Crippen molar-refractivity contribution in [3.63, 3.8) is 0 Å². The fraction of sp³-hybridized carbons (Fsp3) is 0.235. The Morgan fingerprint density at radius 1 is 1.00 bits per heavy atom. The van der Waals surface area contributed by atoms with Gasteiger partial charge in [0, 0.05) is 26.2 Å². The Morgan fingerprint density at radius 2 is 1.54 bits per heavy atom. The Kier molecular flexibility index (Phi) is 5.72. The van der Waals surface area contributed by atoms with Crippen LogP contribution in [0.3, 0.4) is 0 Å². The van der Waals surface area contributed by atoms with E-state index < -0.39 is 27.7 Å². The fourth-order valence-electron chi connectivity index (χ4n) is 2.09. The number of amides is 1. The maximum Gasteiger partial charge on any atom is 0.416 e. The maximum absolute atomic E-state index is 12.5. The summed E-state index contributed by atoms with van der Waals surface area (Å²) in [5, 5.41) is 2.57. The lowest BCUT2D eigenvalue weighted by atomic mass is 10.1. The van der Waals surface area contributed by atoms with Gasteiger partial charge in [-0.1, -0.05) is 12.1 Å². The zero-order valence-electron chi connectivity index (χ0n) is 14.0. The minimum Gasteiger partial charge on any atom is -0.348 e.